The van der Waals surface area contributed by atoms with Crippen LogP contribution in [0, 0.1) is 13.8 Å². The van der Waals surface area contributed by atoms with Gasteiger partial charge in [0.1, 0.15) is 6.29 Å². The lowest BCUT2D eigenvalue weighted by Gasteiger charge is -2.18. The molecule has 0 spiro atoms. The molecule has 120 valence electrons. The Bertz CT molecular complexity index is 692. The van der Waals surface area contributed by atoms with E-state index in [0.717, 1.165) is 17.2 Å². The molecule has 0 aromatic heterocycles. The Labute approximate surface area is 133 Å². The number of allylic oxidation sites excluding steroid dienone is 1. The second-order valence-corrected chi connectivity index (χ2v) is 5.58. The van der Waals surface area contributed by atoms with Crippen molar-refractivity contribution in [3.05, 3.63) is 76.4 Å². The van der Waals surface area contributed by atoms with E-state index in [1.165, 1.54) is 6.08 Å². The van der Waals surface area contributed by atoms with E-state index in [4.69, 9.17) is 0 Å². The first-order chi connectivity index (χ1) is 10.8. The summed E-state index contributed by atoms with van der Waals surface area (Å²) in [5.41, 5.74) is 2.95. The van der Waals surface area contributed by atoms with Gasteiger partial charge in [0.25, 0.3) is 0 Å². The van der Waals surface area contributed by atoms with Crippen molar-refractivity contribution in [3.63, 3.8) is 0 Å². The van der Waals surface area contributed by atoms with Crippen molar-refractivity contribution in [2.75, 3.05) is 0 Å². The smallest absolute Gasteiger partial charge is 0.298 e. The van der Waals surface area contributed by atoms with Crippen LogP contribution in [0.25, 0.3) is 6.08 Å². The van der Waals surface area contributed by atoms with Crippen LogP contribution in [0.15, 0.2) is 48.5 Å². The highest BCUT2D eigenvalue weighted by Crippen LogP contribution is 2.37. The van der Waals surface area contributed by atoms with E-state index in [1.54, 1.807) is 50.2 Å². The fourth-order valence-electron chi connectivity index (χ4n) is 2.49. The van der Waals surface area contributed by atoms with Gasteiger partial charge in [0.05, 0.1) is 5.92 Å². The van der Waals surface area contributed by atoms with E-state index in [1.807, 2.05) is 6.07 Å². The lowest BCUT2D eigenvalue weighted by atomic mass is 9.94. The predicted octanol–water partition coefficient (Wildman–Crippen LogP) is 5.48. The molecule has 0 saturated carbocycles. The normalized spacial score (nSPS) is 13.3. The Morgan fingerprint density at radius 1 is 0.913 bits per heavy atom. The SMILES string of the molecule is Cc1cc(C)cc(C(/C=C/c2ccc(C=O)cc2)C(F)(F)F)c1. The third kappa shape index (κ3) is 4.55. The number of aldehydes is 1. The zero-order valence-electron chi connectivity index (χ0n) is 12.9. The lowest BCUT2D eigenvalue weighted by Crippen LogP contribution is -2.19. The topological polar surface area (TPSA) is 17.1 Å². The van der Waals surface area contributed by atoms with Gasteiger partial charge >= 0.3 is 6.18 Å². The van der Waals surface area contributed by atoms with Crippen molar-refractivity contribution in [2.45, 2.75) is 25.9 Å². The Morgan fingerprint density at radius 2 is 1.43 bits per heavy atom. The first kappa shape index (κ1) is 17.0. The van der Waals surface area contributed by atoms with E-state index < -0.39 is 12.1 Å². The zero-order chi connectivity index (χ0) is 17.0. The second kappa shape index (κ2) is 6.82. The molecule has 1 atom stereocenters. The number of aryl methyl sites for hydroxylation is 2. The zero-order valence-corrected chi connectivity index (χ0v) is 12.9. The minimum atomic E-state index is -4.36. The average Bonchev–Trinajstić information content (AvgIpc) is 2.45. The van der Waals surface area contributed by atoms with Gasteiger partial charge in [-0.05, 0) is 25.0 Å². The molecule has 0 heterocycles. The summed E-state index contributed by atoms with van der Waals surface area (Å²) >= 11 is 0. The van der Waals surface area contributed by atoms with Gasteiger partial charge in [0, 0.05) is 5.56 Å². The molecular weight excluding hydrogens is 301 g/mol. The van der Waals surface area contributed by atoms with Gasteiger partial charge in [0.15, 0.2) is 0 Å². The number of hydrogen-bond donors (Lipinski definition) is 0. The van der Waals surface area contributed by atoms with Gasteiger partial charge in [-0.1, -0.05) is 65.7 Å². The number of carbonyl (C=O) groups excluding carboxylic acids is 1. The van der Waals surface area contributed by atoms with Crippen molar-refractivity contribution in [2.24, 2.45) is 0 Å². The summed E-state index contributed by atoms with van der Waals surface area (Å²) in [7, 11) is 0. The first-order valence-corrected chi connectivity index (χ1v) is 7.18. The quantitative estimate of drug-likeness (QED) is 0.683. The van der Waals surface area contributed by atoms with Crippen LogP contribution >= 0.6 is 0 Å². The third-order valence-corrected chi connectivity index (χ3v) is 3.51. The molecule has 2 rings (SSSR count). The molecule has 1 unspecified atom stereocenters. The summed E-state index contributed by atoms with van der Waals surface area (Å²) < 4.78 is 40.2. The number of rotatable bonds is 4. The highest BCUT2D eigenvalue weighted by Gasteiger charge is 2.38. The van der Waals surface area contributed by atoms with Gasteiger partial charge in [-0.2, -0.15) is 13.2 Å². The Morgan fingerprint density at radius 3 is 1.91 bits per heavy atom. The number of benzene rings is 2. The van der Waals surface area contributed by atoms with E-state index in [0.29, 0.717) is 17.4 Å². The summed E-state index contributed by atoms with van der Waals surface area (Å²) in [6, 6.07) is 11.4. The maximum atomic E-state index is 13.4. The molecule has 0 aliphatic rings. The van der Waals surface area contributed by atoms with Crippen LogP contribution in [-0.2, 0) is 0 Å². The van der Waals surface area contributed by atoms with Gasteiger partial charge in [0.2, 0.25) is 0 Å². The monoisotopic (exact) mass is 318 g/mol. The number of carbonyl (C=O) groups is 1. The number of hydrogen-bond acceptors (Lipinski definition) is 1. The van der Waals surface area contributed by atoms with Crippen molar-refractivity contribution < 1.29 is 18.0 Å². The molecule has 1 nitrogen and oxygen atoms in total. The lowest BCUT2D eigenvalue weighted by molar-refractivity contribution is -0.139. The van der Waals surface area contributed by atoms with E-state index in [-0.39, 0.29) is 5.56 Å². The van der Waals surface area contributed by atoms with Crippen LogP contribution < -0.4 is 0 Å². The van der Waals surface area contributed by atoms with Crippen LogP contribution in [0.5, 0.6) is 0 Å². The molecule has 23 heavy (non-hydrogen) atoms. The summed E-state index contributed by atoms with van der Waals surface area (Å²) in [6.45, 7) is 3.57. The van der Waals surface area contributed by atoms with Crippen molar-refractivity contribution in [1.82, 2.24) is 0 Å². The fourth-order valence-corrected chi connectivity index (χ4v) is 2.49. The van der Waals surface area contributed by atoms with Crippen LogP contribution in [0.3, 0.4) is 0 Å². The van der Waals surface area contributed by atoms with E-state index >= 15 is 0 Å². The predicted molar refractivity (Wildman–Crippen MR) is 85.6 cm³/mol. The minimum absolute atomic E-state index is 0.232. The molecule has 2 aromatic carbocycles. The van der Waals surface area contributed by atoms with Crippen LogP contribution in [0.2, 0.25) is 0 Å². The molecule has 4 heteroatoms. The van der Waals surface area contributed by atoms with Gasteiger partial charge in [-0.25, -0.2) is 0 Å². The van der Waals surface area contributed by atoms with E-state index in [9.17, 15) is 18.0 Å². The molecular formula is C19H17F3O. The molecule has 0 amide bonds. The maximum Gasteiger partial charge on any atom is 0.399 e. The molecule has 0 radical (unpaired) electrons. The highest BCUT2D eigenvalue weighted by molar-refractivity contribution is 5.75. The largest absolute Gasteiger partial charge is 0.399 e. The Hall–Kier alpha value is -2.36. The summed E-state index contributed by atoms with van der Waals surface area (Å²) in [5.74, 6) is -1.66. The van der Waals surface area contributed by atoms with Crippen molar-refractivity contribution in [3.8, 4) is 0 Å². The van der Waals surface area contributed by atoms with Gasteiger partial charge in [-0.3, -0.25) is 4.79 Å². The average molecular weight is 318 g/mol. The Kier molecular flexibility index (Phi) is 5.04. The minimum Gasteiger partial charge on any atom is -0.298 e. The molecule has 0 bridgehead atoms. The maximum absolute atomic E-state index is 13.4. The molecule has 0 saturated heterocycles. The van der Waals surface area contributed by atoms with Crippen molar-refractivity contribution >= 4 is 12.4 Å². The molecule has 2 aromatic rings. The highest BCUT2D eigenvalue weighted by atomic mass is 19.4. The van der Waals surface area contributed by atoms with Crippen LogP contribution in [-0.4, -0.2) is 12.5 Å². The molecule has 0 fully saturated rings. The number of alkyl halides is 3. The number of halogens is 3. The third-order valence-electron chi connectivity index (χ3n) is 3.51. The van der Waals surface area contributed by atoms with Gasteiger partial charge < -0.3 is 0 Å². The fraction of sp³-hybridized carbons (Fsp3) is 0.211. The first-order valence-electron chi connectivity index (χ1n) is 7.18. The molecule has 0 N–H and O–H groups in total. The molecule has 0 aliphatic carbocycles. The Balaban J connectivity index is 2.35. The van der Waals surface area contributed by atoms with Crippen molar-refractivity contribution in [1.29, 1.82) is 0 Å². The summed E-state index contributed by atoms with van der Waals surface area (Å²) in [5, 5.41) is 0. The standard InChI is InChI=1S/C19H17F3O/c1-13-9-14(2)11-17(10-13)18(19(20,21)22)8-7-15-3-5-16(12-23)6-4-15/h3-12,18H,1-2H3/b8-7+. The summed E-state index contributed by atoms with van der Waals surface area (Å²) in [6.07, 6.45) is -1.07. The van der Waals surface area contributed by atoms with Crippen LogP contribution in [0.4, 0.5) is 13.2 Å². The summed E-state index contributed by atoms with van der Waals surface area (Å²) in [4.78, 5) is 10.6. The molecule has 0 aliphatic heterocycles. The van der Waals surface area contributed by atoms with Gasteiger partial charge in [-0.15, -0.1) is 0 Å². The second-order valence-electron chi connectivity index (χ2n) is 5.58. The van der Waals surface area contributed by atoms with E-state index in [2.05, 4.69) is 0 Å². The van der Waals surface area contributed by atoms with Crippen LogP contribution in [0.1, 0.15) is 38.5 Å².